The summed E-state index contributed by atoms with van der Waals surface area (Å²) in [5.41, 5.74) is -1.77. The van der Waals surface area contributed by atoms with Gasteiger partial charge in [0.2, 0.25) is 5.91 Å². The number of carboxylic acids is 1. The van der Waals surface area contributed by atoms with E-state index >= 15 is 0 Å². The van der Waals surface area contributed by atoms with Gasteiger partial charge in [0.25, 0.3) is 5.56 Å². The van der Waals surface area contributed by atoms with Gasteiger partial charge >= 0.3 is 12.1 Å². The molecule has 1 aromatic carbocycles. The fraction of sp³-hybridized carbons (Fsp3) is 0.389. The summed E-state index contributed by atoms with van der Waals surface area (Å²) in [6, 6.07) is 3.38. The molecule has 10 heteroatoms. The Hall–Kier alpha value is -2.91. The Balaban J connectivity index is 2.28. The number of halogens is 4. The molecule has 1 aliphatic heterocycles. The minimum atomic E-state index is -4.60. The van der Waals surface area contributed by atoms with Gasteiger partial charge in [-0.1, -0.05) is 12.1 Å². The number of benzene rings is 1. The fourth-order valence-corrected chi connectivity index (χ4v) is 3.43. The lowest BCUT2D eigenvalue weighted by molar-refractivity contribution is -0.137. The average Bonchev–Trinajstić information content (AvgIpc) is 2.98. The van der Waals surface area contributed by atoms with Gasteiger partial charge in [0, 0.05) is 24.9 Å². The third kappa shape index (κ3) is 3.71. The van der Waals surface area contributed by atoms with E-state index in [1.165, 1.54) is 17.0 Å². The Morgan fingerprint density at radius 3 is 2.50 bits per heavy atom. The predicted molar refractivity (Wildman–Crippen MR) is 90.4 cm³/mol. The summed E-state index contributed by atoms with van der Waals surface area (Å²) in [6.07, 6.45) is -5.24. The van der Waals surface area contributed by atoms with Crippen LogP contribution in [0.3, 0.4) is 0 Å². The first-order chi connectivity index (χ1) is 13.1. The van der Waals surface area contributed by atoms with Crippen molar-refractivity contribution < 1.29 is 32.3 Å². The van der Waals surface area contributed by atoms with E-state index < -0.39 is 47.4 Å². The monoisotopic (exact) mass is 400 g/mol. The maximum Gasteiger partial charge on any atom is 0.390 e. The van der Waals surface area contributed by atoms with E-state index in [4.69, 9.17) is 0 Å². The number of aromatic carboxylic acids is 1. The van der Waals surface area contributed by atoms with E-state index in [2.05, 4.69) is 0 Å². The first-order valence-corrected chi connectivity index (χ1v) is 8.52. The van der Waals surface area contributed by atoms with Crippen LogP contribution in [0.5, 0.6) is 0 Å². The second-order valence-corrected chi connectivity index (χ2v) is 6.53. The molecule has 0 radical (unpaired) electrons. The molecule has 0 atom stereocenters. The molecule has 1 amide bonds. The van der Waals surface area contributed by atoms with Crippen molar-refractivity contribution in [1.29, 1.82) is 0 Å². The Morgan fingerprint density at radius 1 is 1.21 bits per heavy atom. The summed E-state index contributed by atoms with van der Waals surface area (Å²) in [4.78, 5) is 37.9. The van der Waals surface area contributed by atoms with Gasteiger partial charge in [-0.2, -0.15) is 13.2 Å². The normalized spacial score (nSPS) is 14.9. The number of carbonyl (C=O) groups excluding carboxylic acids is 1. The van der Waals surface area contributed by atoms with Crippen molar-refractivity contribution in [1.82, 2.24) is 9.47 Å². The zero-order chi connectivity index (χ0) is 20.6. The van der Waals surface area contributed by atoms with Crippen molar-refractivity contribution in [2.24, 2.45) is 0 Å². The Morgan fingerprint density at radius 2 is 1.93 bits per heavy atom. The number of likely N-dealkylation sites (tertiary alicyclic amines) is 1. The first kappa shape index (κ1) is 19.8. The summed E-state index contributed by atoms with van der Waals surface area (Å²) < 4.78 is 53.1. The van der Waals surface area contributed by atoms with Crippen LogP contribution < -0.4 is 5.56 Å². The van der Waals surface area contributed by atoms with E-state index in [0.29, 0.717) is 17.5 Å². The highest BCUT2D eigenvalue weighted by Crippen LogP contribution is 2.27. The lowest BCUT2D eigenvalue weighted by Crippen LogP contribution is -2.34. The topological polar surface area (TPSA) is 79.6 Å². The zero-order valence-electron chi connectivity index (χ0n) is 14.6. The minimum Gasteiger partial charge on any atom is -0.478 e. The fourth-order valence-electron chi connectivity index (χ4n) is 3.43. The third-order valence-corrected chi connectivity index (χ3v) is 4.70. The van der Waals surface area contributed by atoms with Crippen LogP contribution in [-0.2, 0) is 17.9 Å². The Labute approximate surface area is 156 Å². The van der Waals surface area contributed by atoms with Crippen molar-refractivity contribution in [2.45, 2.75) is 38.5 Å². The van der Waals surface area contributed by atoms with Crippen molar-refractivity contribution in [2.75, 3.05) is 6.54 Å². The van der Waals surface area contributed by atoms with Gasteiger partial charge in [0.05, 0.1) is 29.6 Å². The molecular formula is C18H16F4N2O4. The molecule has 1 aromatic heterocycles. The van der Waals surface area contributed by atoms with Crippen molar-refractivity contribution in [3.8, 4) is 0 Å². The number of fused-ring (bicyclic) bond motifs is 1. The van der Waals surface area contributed by atoms with E-state index in [-0.39, 0.29) is 30.0 Å². The van der Waals surface area contributed by atoms with Crippen LogP contribution in [0.25, 0.3) is 10.8 Å². The number of amides is 1. The summed E-state index contributed by atoms with van der Waals surface area (Å²) in [5, 5.41) is 8.88. The molecule has 1 aliphatic rings. The predicted octanol–water partition coefficient (Wildman–Crippen LogP) is 2.91. The molecular weight excluding hydrogens is 384 g/mol. The molecule has 2 heterocycles. The molecule has 3 rings (SSSR count). The molecule has 1 saturated heterocycles. The van der Waals surface area contributed by atoms with Crippen LogP contribution in [0.2, 0.25) is 0 Å². The molecule has 1 N–H and O–H groups in total. The van der Waals surface area contributed by atoms with Gasteiger partial charge < -0.3 is 14.6 Å². The lowest BCUT2D eigenvalue weighted by Gasteiger charge is -2.23. The lowest BCUT2D eigenvalue weighted by atomic mass is 10.0. The maximum absolute atomic E-state index is 14.3. The molecule has 2 aromatic rings. The van der Waals surface area contributed by atoms with Crippen LogP contribution in [-0.4, -0.2) is 39.2 Å². The number of carbonyl (C=O) groups is 2. The number of aromatic nitrogens is 1. The van der Waals surface area contributed by atoms with Gasteiger partial charge in [-0.05, 0) is 12.5 Å². The zero-order valence-corrected chi connectivity index (χ0v) is 14.6. The molecule has 0 saturated carbocycles. The molecule has 0 spiro atoms. The van der Waals surface area contributed by atoms with Gasteiger partial charge in [-0.25, -0.2) is 9.18 Å². The third-order valence-electron chi connectivity index (χ3n) is 4.70. The number of pyridine rings is 1. The van der Waals surface area contributed by atoms with Crippen molar-refractivity contribution in [3.63, 3.8) is 0 Å². The van der Waals surface area contributed by atoms with E-state index in [1.54, 1.807) is 0 Å². The van der Waals surface area contributed by atoms with Gasteiger partial charge in [-0.3, -0.25) is 9.59 Å². The molecule has 150 valence electrons. The number of rotatable bonds is 5. The molecule has 28 heavy (non-hydrogen) atoms. The number of nitrogens with zero attached hydrogens (tertiary/aromatic N) is 2. The Kier molecular flexibility index (Phi) is 5.14. The highest BCUT2D eigenvalue weighted by molar-refractivity contribution is 6.04. The number of carboxylic acid groups (broad SMARTS) is 1. The van der Waals surface area contributed by atoms with Crippen LogP contribution in [0.1, 0.15) is 35.3 Å². The minimum absolute atomic E-state index is 0.206. The SMILES string of the molecule is O=C(O)c1c(CN2CCCC2=O)n(CCC(F)(F)F)c(=O)c2c(F)cccc12. The highest BCUT2D eigenvalue weighted by atomic mass is 19.4. The van der Waals surface area contributed by atoms with E-state index in [1.807, 2.05) is 0 Å². The van der Waals surface area contributed by atoms with Gasteiger partial charge in [0.1, 0.15) is 5.82 Å². The first-order valence-electron chi connectivity index (χ1n) is 8.52. The second kappa shape index (κ2) is 7.25. The van der Waals surface area contributed by atoms with Crippen LogP contribution >= 0.6 is 0 Å². The summed E-state index contributed by atoms with van der Waals surface area (Å²) in [7, 11) is 0. The molecule has 0 aliphatic carbocycles. The van der Waals surface area contributed by atoms with Crippen molar-refractivity contribution >= 4 is 22.6 Å². The van der Waals surface area contributed by atoms with Crippen LogP contribution in [0, 0.1) is 5.82 Å². The van der Waals surface area contributed by atoms with Gasteiger partial charge in [0.15, 0.2) is 0 Å². The molecule has 6 nitrogen and oxygen atoms in total. The van der Waals surface area contributed by atoms with Gasteiger partial charge in [-0.15, -0.1) is 0 Å². The largest absolute Gasteiger partial charge is 0.478 e. The smallest absolute Gasteiger partial charge is 0.390 e. The summed E-state index contributed by atoms with van der Waals surface area (Å²) in [6.45, 7) is -0.906. The average molecular weight is 400 g/mol. The highest BCUT2D eigenvalue weighted by Gasteiger charge is 2.31. The van der Waals surface area contributed by atoms with E-state index in [9.17, 15) is 37.1 Å². The standard InChI is InChI=1S/C18H16F4N2O4/c19-11-4-1-3-10-14(11)16(26)24(8-6-18(20,21)22)12(15(10)17(27)28)9-23-7-2-5-13(23)25/h1,3-4H,2,5-9H2,(H,27,28). The number of hydrogen-bond acceptors (Lipinski definition) is 3. The van der Waals surface area contributed by atoms with Crippen molar-refractivity contribution in [3.05, 3.63) is 45.6 Å². The second-order valence-electron chi connectivity index (χ2n) is 6.53. The maximum atomic E-state index is 14.3. The Bertz CT molecular complexity index is 1010. The number of alkyl halides is 3. The summed E-state index contributed by atoms with van der Waals surface area (Å²) in [5.74, 6) is -2.82. The summed E-state index contributed by atoms with van der Waals surface area (Å²) >= 11 is 0. The molecule has 0 unspecified atom stereocenters. The molecule has 0 bridgehead atoms. The van der Waals surface area contributed by atoms with E-state index in [0.717, 1.165) is 6.07 Å². The van der Waals surface area contributed by atoms with Crippen LogP contribution in [0.4, 0.5) is 17.6 Å². The molecule has 1 fully saturated rings. The van der Waals surface area contributed by atoms with Crippen LogP contribution in [0.15, 0.2) is 23.0 Å². The number of hydrogen-bond donors (Lipinski definition) is 1. The quantitative estimate of drug-likeness (QED) is 0.783.